The largest absolute Gasteiger partial charge is 0.243 e. The lowest BCUT2D eigenvalue weighted by Crippen LogP contribution is -2.37. The number of hydrogen-bond acceptors (Lipinski definition) is 2. The van der Waals surface area contributed by atoms with E-state index < -0.39 is 10.0 Å². The zero-order chi connectivity index (χ0) is 13.1. The second-order valence-electron chi connectivity index (χ2n) is 4.04. The Balaban J connectivity index is 3.30. The first-order chi connectivity index (χ1) is 7.95. The number of halogens is 1. The first-order valence-corrected chi connectivity index (χ1v) is 7.58. The van der Waals surface area contributed by atoms with Gasteiger partial charge in [0.05, 0.1) is 4.90 Å². The van der Waals surface area contributed by atoms with Crippen molar-refractivity contribution in [3.05, 3.63) is 29.8 Å². The SMILES string of the molecule is CCN(C(C)C)S(=O)(=O)c1ccccc1CCl. The fourth-order valence-electron chi connectivity index (χ4n) is 1.80. The van der Waals surface area contributed by atoms with Crippen molar-refractivity contribution in [2.45, 2.75) is 37.6 Å². The van der Waals surface area contributed by atoms with E-state index in [1.807, 2.05) is 20.8 Å². The van der Waals surface area contributed by atoms with Crippen LogP contribution in [-0.2, 0) is 15.9 Å². The van der Waals surface area contributed by atoms with Crippen LogP contribution in [0.25, 0.3) is 0 Å². The van der Waals surface area contributed by atoms with Crippen molar-refractivity contribution in [2.75, 3.05) is 6.54 Å². The van der Waals surface area contributed by atoms with Gasteiger partial charge in [0.25, 0.3) is 0 Å². The van der Waals surface area contributed by atoms with Crippen LogP contribution in [0.1, 0.15) is 26.3 Å². The molecule has 0 spiro atoms. The molecule has 0 atom stereocenters. The Morgan fingerprint density at radius 3 is 2.35 bits per heavy atom. The highest BCUT2D eigenvalue weighted by Gasteiger charge is 2.27. The van der Waals surface area contributed by atoms with Gasteiger partial charge in [0, 0.05) is 18.5 Å². The van der Waals surface area contributed by atoms with Crippen LogP contribution >= 0.6 is 11.6 Å². The van der Waals surface area contributed by atoms with Crippen LogP contribution in [0.4, 0.5) is 0 Å². The van der Waals surface area contributed by atoms with Crippen LogP contribution < -0.4 is 0 Å². The average molecular weight is 276 g/mol. The van der Waals surface area contributed by atoms with Crippen molar-refractivity contribution in [3.8, 4) is 0 Å². The third-order valence-electron chi connectivity index (χ3n) is 2.59. The van der Waals surface area contributed by atoms with Gasteiger partial charge < -0.3 is 0 Å². The zero-order valence-electron chi connectivity index (χ0n) is 10.4. The van der Waals surface area contributed by atoms with Crippen LogP contribution in [-0.4, -0.2) is 25.3 Å². The monoisotopic (exact) mass is 275 g/mol. The van der Waals surface area contributed by atoms with Crippen LogP contribution in [0, 0.1) is 0 Å². The minimum atomic E-state index is -3.44. The molecule has 0 aliphatic rings. The molecule has 0 aliphatic heterocycles. The lowest BCUT2D eigenvalue weighted by Gasteiger charge is -2.25. The Morgan fingerprint density at radius 2 is 1.88 bits per heavy atom. The molecule has 0 aromatic heterocycles. The molecule has 17 heavy (non-hydrogen) atoms. The minimum absolute atomic E-state index is 0.0617. The maximum atomic E-state index is 12.5. The predicted octanol–water partition coefficient (Wildman–Crippen LogP) is 2.84. The zero-order valence-corrected chi connectivity index (χ0v) is 11.9. The molecule has 1 aromatic rings. The van der Waals surface area contributed by atoms with E-state index in [9.17, 15) is 8.42 Å². The van der Waals surface area contributed by atoms with Crippen molar-refractivity contribution in [1.82, 2.24) is 4.31 Å². The highest BCUT2D eigenvalue weighted by atomic mass is 35.5. The molecule has 1 aromatic carbocycles. The number of sulfonamides is 1. The van der Waals surface area contributed by atoms with Crippen molar-refractivity contribution in [3.63, 3.8) is 0 Å². The molecular formula is C12H18ClNO2S. The first-order valence-electron chi connectivity index (χ1n) is 5.60. The van der Waals surface area contributed by atoms with Crippen LogP contribution in [0.3, 0.4) is 0 Å². The van der Waals surface area contributed by atoms with Crippen molar-refractivity contribution >= 4 is 21.6 Å². The standard InChI is InChI=1S/C12H18ClNO2S/c1-4-14(10(2)3)17(15,16)12-8-6-5-7-11(12)9-13/h5-8,10H,4,9H2,1-3H3. The van der Waals surface area contributed by atoms with E-state index in [1.165, 1.54) is 4.31 Å². The van der Waals surface area contributed by atoms with E-state index in [1.54, 1.807) is 24.3 Å². The van der Waals surface area contributed by atoms with E-state index in [2.05, 4.69) is 0 Å². The molecule has 0 N–H and O–H groups in total. The quantitative estimate of drug-likeness (QED) is 0.775. The minimum Gasteiger partial charge on any atom is -0.207 e. The third kappa shape index (κ3) is 3.00. The lowest BCUT2D eigenvalue weighted by atomic mass is 10.2. The molecule has 3 nitrogen and oxygen atoms in total. The van der Waals surface area contributed by atoms with E-state index in [0.717, 1.165) is 0 Å². The number of hydrogen-bond donors (Lipinski definition) is 0. The number of nitrogens with zero attached hydrogens (tertiary/aromatic N) is 1. The van der Waals surface area contributed by atoms with Gasteiger partial charge in [-0.3, -0.25) is 0 Å². The summed E-state index contributed by atoms with van der Waals surface area (Å²) in [6.45, 7) is 6.02. The first kappa shape index (κ1) is 14.5. The van der Waals surface area contributed by atoms with Gasteiger partial charge in [-0.1, -0.05) is 25.1 Å². The highest BCUT2D eigenvalue weighted by molar-refractivity contribution is 7.89. The fraction of sp³-hybridized carbons (Fsp3) is 0.500. The van der Waals surface area contributed by atoms with Crippen molar-refractivity contribution < 1.29 is 8.42 Å². The summed E-state index contributed by atoms with van der Waals surface area (Å²) in [5, 5.41) is 0. The molecule has 0 bridgehead atoms. The van der Waals surface area contributed by atoms with E-state index >= 15 is 0 Å². The molecular weight excluding hydrogens is 258 g/mol. The molecule has 0 fully saturated rings. The Kier molecular flexibility index (Phi) is 4.98. The van der Waals surface area contributed by atoms with Crippen LogP contribution in [0.5, 0.6) is 0 Å². The predicted molar refractivity (Wildman–Crippen MR) is 70.7 cm³/mol. The molecule has 96 valence electrons. The highest BCUT2D eigenvalue weighted by Crippen LogP contribution is 2.22. The van der Waals surface area contributed by atoms with Gasteiger partial charge in [-0.15, -0.1) is 11.6 Å². The molecule has 0 saturated carbocycles. The summed E-state index contributed by atoms with van der Waals surface area (Å²) in [4.78, 5) is 0.311. The lowest BCUT2D eigenvalue weighted by molar-refractivity contribution is 0.369. The summed E-state index contributed by atoms with van der Waals surface area (Å²) < 4.78 is 26.4. The molecule has 5 heteroatoms. The molecule has 0 amide bonds. The molecule has 0 unspecified atom stereocenters. The second kappa shape index (κ2) is 5.85. The summed E-state index contributed by atoms with van der Waals surface area (Å²) in [5.74, 6) is 0.199. The summed E-state index contributed by atoms with van der Waals surface area (Å²) in [6.07, 6.45) is 0. The number of rotatable bonds is 5. The summed E-state index contributed by atoms with van der Waals surface area (Å²) in [7, 11) is -3.44. The Labute approximate surface area is 108 Å². The van der Waals surface area contributed by atoms with Gasteiger partial charge in [0.15, 0.2) is 0 Å². The van der Waals surface area contributed by atoms with E-state index in [0.29, 0.717) is 17.0 Å². The topological polar surface area (TPSA) is 37.4 Å². The number of alkyl halides is 1. The van der Waals surface area contributed by atoms with Crippen molar-refractivity contribution in [1.29, 1.82) is 0 Å². The van der Waals surface area contributed by atoms with Crippen molar-refractivity contribution in [2.24, 2.45) is 0 Å². The Morgan fingerprint density at radius 1 is 1.29 bits per heavy atom. The van der Waals surface area contributed by atoms with Crippen LogP contribution in [0.2, 0.25) is 0 Å². The number of benzene rings is 1. The molecule has 0 radical (unpaired) electrons. The van der Waals surface area contributed by atoms with Gasteiger partial charge in [-0.05, 0) is 25.5 Å². The molecule has 0 aliphatic carbocycles. The Bertz CT molecular complexity index is 471. The van der Waals surface area contributed by atoms with E-state index in [-0.39, 0.29) is 11.9 Å². The second-order valence-corrected chi connectivity index (χ2v) is 6.17. The van der Waals surface area contributed by atoms with E-state index in [4.69, 9.17) is 11.6 Å². The smallest absolute Gasteiger partial charge is 0.207 e. The van der Waals surface area contributed by atoms with Gasteiger partial charge >= 0.3 is 0 Å². The van der Waals surface area contributed by atoms with Gasteiger partial charge in [-0.2, -0.15) is 4.31 Å². The molecule has 0 saturated heterocycles. The maximum Gasteiger partial charge on any atom is 0.243 e. The summed E-state index contributed by atoms with van der Waals surface area (Å²) in [6, 6.07) is 6.81. The summed E-state index contributed by atoms with van der Waals surface area (Å²) in [5.41, 5.74) is 0.647. The molecule has 0 heterocycles. The van der Waals surface area contributed by atoms with Gasteiger partial charge in [0.1, 0.15) is 0 Å². The third-order valence-corrected chi connectivity index (χ3v) is 5.13. The Hall–Kier alpha value is -0.580. The normalized spacial score (nSPS) is 12.4. The van der Waals surface area contributed by atoms with Gasteiger partial charge in [-0.25, -0.2) is 8.42 Å². The molecule has 1 rings (SSSR count). The van der Waals surface area contributed by atoms with Gasteiger partial charge in [0.2, 0.25) is 10.0 Å². The average Bonchev–Trinajstić information content (AvgIpc) is 2.29. The maximum absolute atomic E-state index is 12.5. The van der Waals surface area contributed by atoms with Crippen LogP contribution in [0.15, 0.2) is 29.2 Å². The fourth-order valence-corrected chi connectivity index (χ4v) is 3.99. The summed E-state index contributed by atoms with van der Waals surface area (Å²) >= 11 is 5.78.